The zero-order valence-electron chi connectivity index (χ0n) is 27.7. The number of carbonyl (C=O) groups excluding carboxylic acids is 4. The summed E-state index contributed by atoms with van der Waals surface area (Å²) in [5.74, 6) is -3.49. The normalized spacial score (nSPS) is 29.8. The number of carbonyl (C=O) groups is 4. The molecule has 47 heavy (non-hydrogen) atoms. The van der Waals surface area contributed by atoms with Gasteiger partial charge < -0.3 is 35.1 Å². The van der Waals surface area contributed by atoms with E-state index < -0.39 is 59.7 Å². The Bertz CT molecular complexity index is 1520. The minimum absolute atomic E-state index is 0.0492. The number of aliphatic hydroxyl groups excluding tert-OH is 1. The lowest BCUT2D eigenvalue weighted by Gasteiger charge is -2.30. The number of primary amides is 1. The lowest BCUT2D eigenvalue weighted by molar-refractivity contribution is -0.120. The number of allylic oxidation sites excluding steroid dienone is 4. The van der Waals surface area contributed by atoms with E-state index in [-0.39, 0.29) is 52.5 Å². The van der Waals surface area contributed by atoms with E-state index in [1.165, 1.54) is 52.5 Å². The van der Waals surface area contributed by atoms with E-state index in [1.807, 2.05) is 6.92 Å². The van der Waals surface area contributed by atoms with Gasteiger partial charge in [0.15, 0.2) is 11.9 Å². The summed E-state index contributed by atoms with van der Waals surface area (Å²) in [5.41, 5.74) is 5.93. The van der Waals surface area contributed by atoms with Crippen molar-refractivity contribution in [1.29, 1.82) is 0 Å². The summed E-state index contributed by atoms with van der Waals surface area (Å²) in [6.07, 6.45) is 2.06. The molecular formula is C35H43FN2O9. The van der Waals surface area contributed by atoms with Gasteiger partial charge >= 0.3 is 6.09 Å². The number of hydrogen-bond donors (Lipinski definition) is 3. The summed E-state index contributed by atoms with van der Waals surface area (Å²) in [4.78, 5) is 53.2. The van der Waals surface area contributed by atoms with E-state index >= 15 is 0 Å². The van der Waals surface area contributed by atoms with Gasteiger partial charge in [-0.25, -0.2) is 9.18 Å². The number of ketones is 2. The highest BCUT2D eigenvalue weighted by atomic mass is 19.1. The van der Waals surface area contributed by atoms with Gasteiger partial charge in [-0.15, -0.1) is 0 Å². The van der Waals surface area contributed by atoms with Crippen LogP contribution in [0.1, 0.15) is 46.1 Å². The quantitative estimate of drug-likeness (QED) is 0.314. The van der Waals surface area contributed by atoms with Gasteiger partial charge in [-0.05, 0) is 55.9 Å². The van der Waals surface area contributed by atoms with Crippen LogP contribution in [-0.4, -0.2) is 74.4 Å². The highest BCUT2D eigenvalue weighted by molar-refractivity contribution is 6.39. The van der Waals surface area contributed by atoms with Crippen LogP contribution in [0.25, 0.3) is 5.57 Å². The molecule has 0 radical (unpaired) electrons. The van der Waals surface area contributed by atoms with Crippen LogP contribution in [0.2, 0.25) is 0 Å². The molecule has 0 unspecified atom stereocenters. The van der Waals surface area contributed by atoms with Gasteiger partial charge in [-0.2, -0.15) is 0 Å². The molecule has 2 amide bonds. The monoisotopic (exact) mass is 654 g/mol. The second-order valence-electron chi connectivity index (χ2n) is 11.8. The number of methoxy groups -OCH3 is 3. The van der Waals surface area contributed by atoms with Gasteiger partial charge in [0.25, 0.3) is 5.91 Å². The molecule has 254 valence electrons. The SMILES string of the molecule is COC1=C2C[C@@H](C)C[C@H](OC)[C@H](O)[C@@H](C)/C=C(\C)[C@H](OC(N)=O)[C@H](OC)/C=C\C=C(/C)C(=O)NC(=C(c3ccc(F)cc3)C1=O)C2=O. The number of nitrogens with two attached hydrogens (primary N) is 1. The fraction of sp³-hybridized carbons (Fsp3) is 0.429. The first kappa shape index (κ1) is 37.1. The number of Topliss-reactive ketones (excluding diaryl/α,β-unsaturated/α-hetero) is 2. The first-order valence-electron chi connectivity index (χ1n) is 15.1. The van der Waals surface area contributed by atoms with Crippen LogP contribution < -0.4 is 11.1 Å². The molecular weight excluding hydrogens is 611 g/mol. The van der Waals surface area contributed by atoms with E-state index in [4.69, 9.17) is 24.7 Å². The standard InChI is InChI=1S/C35H43FN2O9/c1-18-15-24-30(40)28(27(31(41)33(24)46-7)22-11-13-23(36)14-12-22)38-34(42)19(2)9-8-10-25(44-5)32(47-35(37)43)21(4)17-20(3)29(39)26(16-18)45-6/h8-14,17-18,20,25-26,29,32,39H,15-16H2,1-7H3,(H2,37,43)(H,38,42)/b10-8-,19-9+,21-17+/t18-,20+,25-,26+,29-,32+/m1/s1. The molecule has 3 rings (SSSR count). The second-order valence-corrected chi connectivity index (χ2v) is 11.8. The first-order chi connectivity index (χ1) is 22.2. The predicted molar refractivity (Wildman–Crippen MR) is 172 cm³/mol. The minimum atomic E-state index is -1.03. The number of amides is 2. The Kier molecular flexibility index (Phi) is 13.0. The molecule has 1 aromatic carbocycles. The van der Waals surface area contributed by atoms with E-state index in [0.717, 1.165) is 12.1 Å². The predicted octanol–water partition coefficient (Wildman–Crippen LogP) is 4.07. The zero-order valence-corrected chi connectivity index (χ0v) is 27.7. The molecule has 2 bridgehead atoms. The van der Waals surface area contributed by atoms with Crippen molar-refractivity contribution in [3.05, 3.63) is 88.1 Å². The number of benzene rings is 1. The Morgan fingerprint density at radius 1 is 1.02 bits per heavy atom. The highest BCUT2D eigenvalue weighted by Gasteiger charge is 2.38. The summed E-state index contributed by atoms with van der Waals surface area (Å²) < 4.78 is 35.9. The van der Waals surface area contributed by atoms with Crippen molar-refractivity contribution in [1.82, 2.24) is 5.32 Å². The molecule has 12 heteroatoms. The third kappa shape index (κ3) is 8.91. The maximum absolute atomic E-state index is 14.1. The van der Waals surface area contributed by atoms with Crippen molar-refractivity contribution < 1.29 is 47.6 Å². The highest BCUT2D eigenvalue weighted by Crippen LogP contribution is 2.35. The Labute approximate surface area is 274 Å². The number of nitrogens with one attached hydrogen (secondary N) is 1. The fourth-order valence-electron chi connectivity index (χ4n) is 5.74. The summed E-state index contributed by atoms with van der Waals surface area (Å²) in [6.45, 7) is 6.83. The largest absolute Gasteiger partial charge is 0.492 e. The van der Waals surface area contributed by atoms with Gasteiger partial charge in [0.2, 0.25) is 11.6 Å². The van der Waals surface area contributed by atoms with Gasteiger partial charge in [0, 0.05) is 31.3 Å². The fourth-order valence-corrected chi connectivity index (χ4v) is 5.74. The zero-order chi connectivity index (χ0) is 35.0. The second kappa shape index (κ2) is 16.4. The van der Waals surface area contributed by atoms with Gasteiger partial charge in [0.05, 0.1) is 24.9 Å². The van der Waals surface area contributed by atoms with Gasteiger partial charge in [-0.1, -0.05) is 50.3 Å². The Hall–Kier alpha value is -4.39. The van der Waals surface area contributed by atoms with E-state index in [1.54, 1.807) is 26.0 Å². The van der Waals surface area contributed by atoms with Crippen LogP contribution in [-0.2, 0) is 33.3 Å². The van der Waals surface area contributed by atoms with E-state index in [2.05, 4.69) is 5.32 Å². The topological polar surface area (TPSA) is 163 Å². The molecule has 11 nitrogen and oxygen atoms in total. The van der Waals surface area contributed by atoms with Crippen molar-refractivity contribution >= 4 is 29.1 Å². The molecule has 2 aliphatic rings. The average Bonchev–Trinajstić information content (AvgIpc) is 3.03. The maximum atomic E-state index is 14.1. The maximum Gasteiger partial charge on any atom is 0.405 e. The Morgan fingerprint density at radius 3 is 2.26 bits per heavy atom. The van der Waals surface area contributed by atoms with E-state index in [0.29, 0.717) is 5.57 Å². The number of fused-ring (bicyclic) bond motifs is 2. The molecule has 0 spiro atoms. The molecule has 4 N–H and O–H groups in total. The number of halogens is 1. The molecule has 0 saturated carbocycles. The van der Waals surface area contributed by atoms with Gasteiger partial charge in [0.1, 0.15) is 17.6 Å². The molecule has 1 aliphatic heterocycles. The van der Waals surface area contributed by atoms with Crippen LogP contribution in [0.5, 0.6) is 0 Å². The third-order valence-corrected chi connectivity index (χ3v) is 8.24. The minimum Gasteiger partial charge on any atom is -0.492 e. The van der Waals surface area contributed by atoms with Crippen LogP contribution in [0.3, 0.4) is 0 Å². The molecule has 1 aliphatic carbocycles. The molecule has 6 atom stereocenters. The Morgan fingerprint density at radius 2 is 1.68 bits per heavy atom. The van der Waals surface area contributed by atoms with Crippen molar-refractivity contribution in [3.8, 4) is 0 Å². The van der Waals surface area contributed by atoms with Crippen LogP contribution in [0.4, 0.5) is 9.18 Å². The number of aliphatic hydroxyl groups is 1. The smallest absolute Gasteiger partial charge is 0.405 e. The number of ether oxygens (including phenoxy) is 4. The van der Waals surface area contributed by atoms with Crippen LogP contribution in [0, 0.1) is 17.7 Å². The summed E-state index contributed by atoms with van der Waals surface area (Å²) in [7, 11) is 4.14. The third-order valence-electron chi connectivity index (χ3n) is 8.24. The lowest BCUT2D eigenvalue weighted by Crippen LogP contribution is -2.37. The molecule has 0 fully saturated rings. The average molecular weight is 655 g/mol. The molecule has 1 heterocycles. The summed E-state index contributed by atoms with van der Waals surface area (Å²) in [6, 6.07) is 4.97. The molecule has 1 aromatic rings. The van der Waals surface area contributed by atoms with Crippen molar-refractivity contribution in [2.24, 2.45) is 17.6 Å². The Balaban J connectivity index is 2.21. The van der Waals surface area contributed by atoms with Crippen LogP contribution >= 0.6 is 0 Å². The first-order valence-corrected chi connectivity index (χ1v) is 15.1. The lowest BCUT2D eigenvalue weighted by atomic mass is 9.82. The number of rotatable bonds is 5. The van der Waals surface area contributed by atoms with Crippen molar-refractivity contribution in [2.45, 2.75) is 65.0 Å². The van der Waals surface area contributed by atoms with Crippen molar-refractivity contribution in [2.75, 3.05) is 21.3 Å². The molecule has 0 aromatic heterocycles. The summed E-state index contributed by atoms with van der Waals surface area (Å²) in [5, 5.41) is 13.9. The number of hydrogen-bond acceptors (Lipinski definition) is 9. The molecule has 0 saturated heterocycles. The summed E-state index contributed by atoms with van der Waals surface area (Å²) >= 11 is 0. The van der Waals surface area contributed by atoms with Gasteiger partial charge in [-0.3, -0.25) is 14.4 Å². The van der Waals surface area contributed by atoms with E-state index in [9.17, 15) is 28.7 Å². The van der Waals surface area contributed by atoms with Crippen LogP contribution in [0.15, 0.2) is 76.7 Å². The van der Waals surface area contributed by atoms with Crippen molar-refractivity contribution in [3.63, 3.8) is 0 Å².